The molecule has 0 saturated heterocycles. The number of thiophene rings is 2. The van der Waals surface area contributed by atoms with E-state index in [4.69, 9.17) is 38.1 Å². The van der Waals surface area contributed by atoms with Crippen molar-refractivity contribution in [2.75, 3.05) is 17.1 Å². The predicted molar refractivity (Wildman–Crippen MR) is 260 cm³/mol. The number of rotatable bonds is 8. The first-order valence-corrected chi connectivity index (χ1v) is 23.1. The summed E-state index contributed by atoms with van der Waals surface area (Å²) in [6.07, 6.45) is 3.03. The molecular formula is C47H40Cl2N12O4S2. The van der Waals surface area contributed by atoms with Gasteiger partial charge in [0.25, 0.3) is 11.9 Å². The van der Waals surface area contributed by atoms with Gasteiger partial charge < -0.3 is 9.84 Å². The number of fused-ring (bicyclic) bond motifs is 6. The van der Waals surface area contributed by atoms with Crippen molar-refractivity contribution in [3.63, 3.8) is 0 Å². The molecule has 6 aromatic heterocycles. The zero-order chi connectivity index (χ0) is 47.3. The van der Waals surface area contributed by atoms with Gasteiger partial charge in [0, 0.05) is 65.6 Å². The number of methoxy groups -OCH3 is 1. The smallest absolute Gasteiger partial charge is 0.357 e. The van der Waals surface area contributed by atoms with Gasteiger partial charge in [0.15, 0.2) is 11.4 Å². The summed E-state index contributed by atoms with van der Waals surface area (Å²) in [5.41, 5.74) is 9.07. The number of aryl methyl sites for hydroxylation is 4. The number of carbonyl (C=O) groups is 2. The number of carboxylic acid groups (broad SMARTS) is 1. The first-order valence-electron chi connectivity index (χ1n) is 20.7. The molecule has 0 atom stereocenters. The summed E-state index contributed by atoms with van der Waals surface area (Å²) in [7, 11) is 1.34. The predicted octanol–water partition coefficient (Wildman–Crippen LogP) is 9.63. The Morgan fingerprint density at radius 1 is 0.612 bits per heavy atom. The molecule has 0 aliphatic carbocycles. The van der Waals surface area contributed by atoms with Crippen LogP contribution in [0.25, 0.3) is 10.0 Å². The minimum absolute atomic E-state index is 0.0189. The molecule has 2 aliphatic heterocycles. The molecule has 338 valence electrons. The number of carboxylic acids is 1. The van der Waals surface area contributed by atoms with Gasteiger partial charge in [0.05, 0.1) is 20.2 Å². The number of hydrogen-bond donors (Lipinski definition) is 1. The van der Waals surface area contributed by atoms with Gasteiger partial charge in [0.2, 0.25) is 0 Å². The number of aromatic carboxylic acids is 1. The van der Waals surface area contributed by atoms with E-state index in [-0.39, 0.29) is 24.5 Å². The Morgan fingerprint density at radius 2 is 1.03 bits per heavy atom. The van der Waals surface area contributed by atoms with E-state index in [0.717, 1.165) is 66.5 Å². The number of ether oxygens (including phenoxy) is 1. The summed E-state index contributed by atoms with van der Waals surface area (Å²) in [4.78, 5) is 34.8. The summed E-state index contributed by atoms with van der Waals surface area (Å²) in [6.45, 7) is 12.6. The topological polar surface area (TPSA) is 182 Å². The summed E-state index contributed by atoms with van der Waals surface area (Å²) in [6, 6.07) is 22.2. The van der Waals surface area contributed by atoms with Crippen LogP contribution in [0.1, 0.15) is 86.9 Å². The molecule has 2 aliphatic rings. The summed E-state index contributed by atoms with van der Waals surface area (Å²) >= 11 is 15.6. The molecule has 0 unspecified atom stereocenters. The molecule has 20 heteroatoms. The lowest BCUT2D eigenvalue weighted by Crippen LogP contribution is -2.22. The molecule has 8 aromatic rings. The van der Waals surface area contributed by atoms with Gasteiger partial charge >= 0.3 is 11.9 Å². The summed E-state index contributed by atoms with van der Waals surface area (Å²) in [5.74, 6) is 0.938. The van der Waals surface area contributed by atoms with Crippen molar-refractivity contribution >= 4 is 81.1 Å². The maximum absolute atomic E-state index is 12.3. The van der Waals surface area contributed by atoms with Crippen LogP contribution in [0.5, 0.6) is 0 Å². The first-order chi connectivity index (χ1) is 32.2. The number of nitrogens with zero attached hydrogens (tertiary/aromatic N) is 12. The second kappa shape index (κ2) is 18.3. The van der Waals surface area contributed by atoms with Crippen molar-refractivity contribution < 1.29 is 19.4 Å². The van der Waals surface area contributed by atoms with Gasteiger partial charge in [0.1, 0.15) is 33.1 Å². The SMILES string of the molecule is COC(=O)c1ncccc1CN1N=C(c2ccc(Cl)cc2)c2c(sc(C)c2C)-n2c(C)nnc21.Cc1sc2c(c1C)C(c1ccc(Cl)cc1)=NN(Cc1cccnc1C(=O)O)c1nnc(C)n1-2. The number of hydrogen-bond acceptors (Lipinski definition) is 15. The fourth-order valence-corrected chi connectivity index (χ4v) is 10.4. The third-order valence-corrected chi connectivity index (χ3v) is 14.3. The number of anilines is 2. The number of pyridine rings is 2. The largest absolute Gasteiger partial charge is 0.477 e. The molecule has 10 rings (SSSR count). The average molecular weight is 972 g/mol. The highest BCUT2D eigenvalue weighted by atomic mass is 35.5. The van der Waals surface area contributed by atoms with Crippen molar-refractivity contribution in [2.24, 2.45) is 10.2 Å². The Hall–Kier alpha value is -7.12. The van der Waals surface area contributed by atoms with Gasteiger partial charge in [-0.25, -0.2) is 29.6 Å². The lowest BCUT2D eigenvalue weighted by atomic mass is 10.00. The van der Waals surface area contributed by atoms with E-state index in [0.29, 0.717) is 33.1 Å². The van der Waals surface area contributed by atoms with E-state index in [2.05, 4.69) is 58.1 Å². The Balaban J connectivity index is 0.000000168. The minimum atomic E-state index is -1.09. The van der Waals surface area contributed by atoms with Gasteiger partial charge in [-0.1, -0.05) is 59.6 Å². The molecule has 2 aromatic carbocycles. The molecule has 0 spiro atoms. The fraction of sp³-hybridized carbons (Fsp3) is 0.191. The van der Waals surface area contributed by atoms with Crippen LogP contribution in [0.4, 0.5) is 11.9 Å². The first kappa shape index (κ1) is 45.1. The number of hydrazone groups is 2. The van der Waals surface area contributed by atoms with Crippen molar-refractivity contribution in [3.05, 3.63) is 173 Å². The second-order valence-electron chi connectivity index (χ2n) is 15.5. The normalized spacial score (nSPS) is 12.7. The van der Waals surface area contributed by atoms with E-state index >= 15 is 0 Å². The zero-order valence-electron chi connectivity index (χ0n) is 37.1. The highest BCUT2D eigenvalue weighted by molar-refractivity contribution is 7.15. The molecule has 0 amide bonds. The quantitative estimate of drug-likeness (QED) is 0.143. The number of esters is 1. The van der Waals surface area contributed by atoms with E-state index in [1.165, 1.54) is 23.1 Å². The Kier molecular flexibility index (Phi) is 12.3. The molecule has 67 heavy (non-hydrogen) atoms. The van der Waals surface area contributed by atoms with Crippen LogP contribution in [0.15, 0.2) is 95.4 Å². The molecule has 16 nitrogen and oxygen atoms in total. The highest BCUT2D eigenvalue weighted by Gasteiger charge is 2.33. The summed E-state index contributed by atoms with van der Waals surface area (Å²) < 4.78 is 8.92. The molecular weight excluding hydrogens is 932 g/mol. The lowest BCUT2D eigenvalue weighted by molar-refractivity contribution is 0.0591. The maximum Gasteiger partial charge on any atom is 0.357 e. The van der Waals surface area contributed by atoms with Gasteiger partial charge in [-0.3, -0.25) is 9.13 Å². The van der Waals surface area contributed by atoms with Crippen LogP contribution in [-0.4, -0.2) is 75.1 Å². The Bertz CT molecular complexity index is 3300. The Morgan fingerprint density at radius 3 is 1.45 bits per heavy atom. The zero-order valence-corrected chi connectivity index (χ0v) is 40.3. The standard InChI is InChI=1S/C24H21ClN6O2S.C23H19ClN6O2S/c1-13-14(2)34-22-19(13)20(16-7-9-18(25)10-8-16)29-30(24-28-27-15(3)31(22)24)12-17-6-5-11-26-21(17)23(32)33-4;1-12-13(2)33-21-18(12)19(15-6-8-17(24)9-7-15)28-29(23-27-26-14(3)30(21)23)11-16-5-4-10-25-20(16)22(31)32/h5-11H,12H2,1-4H3;4-10H,11H2,1-3H3,(H,31,32). The Labute approximate surface area is 402 Å². The van der Waals surface area contributed by atoms with Crippen LogP contribution in [0, 0.1) is 41.5 Å². The van der Waals surface area contributed by atoms with Crippen molar-refractivity contribution in [3.8, 4) is 10.0 Å². The monoisotopic (exact) mass is 970 g/mol. The molecule has 1 N–H and O–H groups in total. The van der Waals surface area contributed by atoms with Crippen molar-refractivity contribution in [2.45, 2.75) is 54.6 Å². The maximum atomic E-state index is 12.3. The number of halogens is 2. The lowest BCUT2D eigenvalue weighted by Gasteiger charge is -2.19. The summed E-state index contributed by atoms with van der Waals surface area (Å²) in [5, 5.41) is 43.9. The van der Waals surface area contributed by atoms with Gasteiger partial charge in [-0.2, -0.15) is 10.2 Å². The van der Waals surface area contributed by atoms with Gasteiger partial charge in [-0.05, 0) is 89.1 Å². The van der Waals surface area contributed by atoms with E-state index in [1.54, 1.807) is 57.1 Å². The molecule has 0 fully saturated rings. The van der Waals surface area contributed by atoms with E-state index < -0.39 is 11.9 Å². The average Bonchev–Trinajstić information content (AvgIpc) is 4.01. The number of carbonyl (C=O) groups excluding carboxylic acids is 1. The number of aromatic nitrogens is 8. The third kappa shape index (κ3) is 8.37. The van der Waals surface area contributed by atoms with Crippen molar-refractivity contribution in [1.29, 1.82) is 0 Å². The highest BCUT2D eigenvalue weighted by Crippen LogP contribution is 2.40. The van der Waals surface area contributed by atoms with Crippen LogP contribution in [-0.2, 0) is 17.8 Å². The van der Waals surface area contributed by atoms with E-state index in [9.17, 15) is 14.7 Å². The molecule has 0 radical (unpaired) electrons. The molecule has 8 heterocycles. The fourth-order valence-electron chi connectivity index (χ4n) is 7.79. The minimum Gasteiger partial charge on any atom is -0.477 e. The van der Waals surface area contributed by atoms with Crippen LogP contribution >= 0.6 is 45.9 Å². The van der Waals surface area contributed by atoms with Crippen LogP contribution in [0.3, 0.4) is 0 Å². The van der Waals surface area contributed by atoms with Crippen LogP contribution in [0.2, 0.25) is 10.0 Å². The van der Waals surface area contributed by atoms with Crippen molar-refractivity contribution in [1.82, 2.24) is 39.5 Å². The third-order valence-electron chi connectivity index (χ3n) is 11.4. The molecule has 0 bridgehead atoms. The molecule has 0 saturated carbocycles. The number of benzene rings is 2. The second-order valence-corrected chi connectivity index (χ2v) is 18.8. The van der Waals surface area contributed by atoms with E-state index in [1.807, 2.05) is 77.6 Å². The van der Waals surface area contributed by atoms with Gasteiger partial charge in [-0.15, -0.1) is 43.1 Å². The van der Waals surface area contributed by atoms with Crippen LogP contribution < -0.4 is 10.0 Å².